The molecule has 0 atom stereocenters. The maximum Gasteiger partial charge on any atom is 0.338 e. The maximum absolute atomic E-state index is 12.4. The molecule has 0 saturated carbocycles. The van der Waals surface area contributed by atoms with Gasteiger partial charge < -0.3 is 15.4 Å². The molecule has 2 amide bonds. The molecule has 6 heteroatoms. The lowest BCUT2D eigenvalue weighted by atomic mass is 10.1. The van der Waals surface area contributed by atoms with E-state index in [4.69, 9.17) is 4.74 Å². The van der Waals surface area contributed by atoms with Crippen LogP contribution in [0.15, 0.2) is 72.8 Å². The van der Waals surface area contributed by atoms with Gasteiger partial charge in [0.2, 0.25) is 0 Å². The van der Waals surface area contributed by atoms with E-state index in [1.807, 2.05) is 19.1 Å². The summed E-state index contributed by atoms with van der Waals surface area (Å²) in [5.41, 5.74) is 3.66. The van der Waals surface area contributed by atoms with Crippen LogP contribution in [0.4, 0.5) is 11.4 Å². The molecule has 0 aliphatic heterocycles. The Morgan fingerprint density at radius 2 is 1.07 bits per heavy atom. The van der Waals surface area contributed by atoms with Gasteiger partial charge in [-0.2, -0.15) is 0 Å². The van der Waals surface area contributed by atoms with Crippen LogP contribution in [0.2, 0.25) is 0 Å². The molecule has 30 heavy (non-hydrogen) atoms. The molecule has 3 rings (SSSR count). The average molecular weight is 402 g/mol. The number of rotatable bonds is 6. The second kappa shape index (κ2) is 9.52. The molecule has 0 aromatic heterocycles. The highest BCUT2D eigenvalue weighted by Crippen LogP contribution is 2.15. The predicted molar refractivity (Wildman–Crippen MR) is 116 cm³/mol. The average Bonchev–Trinajstić information content (AvgIpc) is 2.75. The van der Waals surface area contributed by atoms with E-state index in [0.29, 0.717) is 34.7 Å². The fourth-order valence-corrected chi connectivity index (χ4v) is 2.72. The highest BCUT2D eigenvalue weighted by atomic mass is 16.5. The van der Waals surface area contributed by atoms with Crippen LogP contribution in [0, 0.1) is 6.92 Å². The van der Waals surface area contributed by atoms with E-state index in [1.54, 1.807) is 67.6 Å². The first-order valence-corrected chi connectivity index (χ1v) is 9.53. The number of anilines is 2. The van der Waals surface area contributed by atoms with E-state index in [2.05, 4.69) is 10.6 Å². The highest BCUT2D eigenvalue weighted by molar-refractivity contribution is 6.06. The van der Waals surface area contributed by atoms with Crippen LogP contribution in [-0.4, -0.2) is 24.4 Å². The topological polar surface area (TPSA) is 84.5 Å². The van der Waals surface area contributed by atoms with Crippen LogP contribution in [0.3, 0.4) is 0 Å². The van der Waals surface area contributed by atoms with E-state index < -0.39 is 5.97 Å². The third kappa shape index (κ3) is 5.32. The summed E-state index contributed by atoms with van der Waals surface area (Å²) in [7, 11) is 0. The van der Waals surface area contributed by atoms with E-state index >= 15 is 0 Å². The normalized spacial score (nSPS) is 10.2. The minimum absolute atomic E-state index is 0.214. The van der Waals surface area contributed by atoms with Crippen molar-refractivity contribution in [1.29, 1.82) is 0 Å². The first-order chi connectivity index (χ1) is 14.5. The summed E-state index contributed by atoms with van der Waals surface area (Å²) in [6.45, 7) is 4.00. The van der Waals surface area contributed by atoms with Gasteiger partial charge in [0.15, 0.2) is 0 Å². The molecule has 0 unspecified atom stereocenters. The molecule has 152 valence electrons. The third-order valence-electron chi connectivity index (χ3n) is 4.37. The van der Waals surface area contributed by atoms with Gasteiger partial charge in [-0.3, -0.25) is 9.59 Å². The van der Waals surface area contributed by atoms with E-state index in [9.17, 15) is 14.4 Å². The quantitative estimate of drug-likeness (QED) is 0.587. The number of ether oxygens (including phenoxy) is 1. The first-order valence-electron chi connectivity index (χ1n) is 9.53. The maximum atomic E-state index is 12.4. The van der Waals surface area contributed by atoms with Crippen LogP contribution in [-0.2, 0) is 4.74 Å². The Bertz CT molecular complexity index is 1040. The zero-order valence-electron chi connectivity index (χ0n) is 16.8. The SMILES string of the molecule is CCOC(=O)c1ccc(NC(=O)c2ccc(NC(=O)c3ccc(C)cc3)cc2)cc1. The van der Waals surface area contributed by atoms with Crippen molar-refractivity contribution in [3.8, 4) is 0 Å². The van der Waals surface area contributed by atoms with E-state index in [0.717, 1.165) is 5.56 Å². The van der Waals surface area contributed by atoms with Crippen LogP contribution in [0.25, 0.3) is 0 Å². The molecule has 0 fully saturated rings. The minimum atomic E-state index is -0.404. The number of carbonyl (C=O) groups is 3. The van der Waals surface area contributed by atoms with Crippen molar-refractivity contribution in [2.45, 2.75) is 13.8 Å². The van der Waals surface area contributed by atoms with Crippen LogP contribution in [0.5, 0.6) is 0 Å². The lowest BCUT2D eigenvalue weighted by molar-refractivity contribution is 0.0526. The van der Waals surface area contributed by atoms with Gasteiger partial charge in [0.05, 0.1) is 12.2 Å². The van der Waals surface area contributed by atoms with Crippen LogP contribution < -0.4 is 10.6 Å². The number of benzene rings is 3. The first kappa shape index (κ1) is 20.8. The Morgan fingerprint density at radius 1 is 0.667 bits per heavy atom. The zero-order chi connectivity index (χ0) is 21.5. The standard InChI is InChI=1S/C24H22N2O4/c1-3-30-24(29)19-10-14-21(15-11-19)26-23(28)18-8-12-20(13-9-18)25-22(27)17-6-4-16(2)5-7-17/h4-15H,3H2,1-2H3,(H,25,27)(H,26,28). The third-order valence-corrected chi connectivity index (χ3v) is 4.37. The van der Waals surface area contributed by atoms with Crippen molar-refractivity contribution in [1.82, 2.24) is 0 Å². The number of carbonyl (C=O) groups excluding carboxylic acids is 3. The second-order valence-electron chi connectivity index (χ2n) is 6.65. The van der Waals surface area contributed by atoms with Gasteiger partial charge in [-0.25, -0.2) is 4.79 Å². The molecule has 3 aromatic rings. The molecule has 3 aromatic carbocycles. The fraction of sp³-hybridized carbons (Fsp3) is 0.125. The fourth-order valence-electron chi connectivity index (χ4n) is 2.72. The van der Waals surface area contributed by atoms with Crippen LogP contribution >= 0.6 is 0 Å². The van der Waals surface area contributed by atoms with Gasteiger partial charge in [-0.15, -0.1) is 0 Å². The zero-order valence-corrected chi connectivity index (χ0v) is 16.8. The van der Waals surface area contributed by atoms with Crippen LogP contribution in [0.1, 0.15) is 43.6 Å². The van der Waals surface area contributed by atoms with Gasteiger partial charge in [0.25, 0.3) is 11.8 Å². The summed E-state index contributed by atoms with van der Waals surface area (Å²) < 4.78 is 4.93. The number of aryl methyl sites for hydroxylation is 1. The summed E-state index contributed by atoms with van der Waals surface area (Å²) in [5, 5.41) is 5.58. The molecule has 0 heterocycles. The molecule has 0 radical (unpaired) electrons. The van der Waals surface area contributed by atoms with Gasteiger partial charge in [0.1, 0.15) is 0 Å². The summed E-state index contributed by atoms with van der Waals surface area (Å²) in [6.07, 6.45) is 0. The van der Waals surface area contributed by atoms with E-state index in [-0.39, 0.29) is 11.8 Å². The van der Waals surface area contributed by atoms with Crippen molar-refractivity contribution < 1.29 is 19.1 Å². The minimum Gasteiger partial charge on any atom is -0.462 e. The summed E-state index contributed by atoms with van der Waals surface area (Å²) in [5.74, 6) is -0.914. The number of hydrogen-bond acceptors (Lipinski definition) is 4. The van der Waals surface area contributed by atoms with E-state index in [1.165, 1.54) is 0 Å². The Hall–Kier alpha value is -3.93. The lowest BCUT2D eigenvalue weighted by Gasteiger charge is -2.08. The van der Waals surface area contributed by atoms with Gasteiger partial charge in [-0.1, -0.05) is 17.7 Å². The largest absolute Gasteiger partial charge is 0.462 e. The molecule has 0 aliphatic rings. The molecule has 6 nitrogen and oxygen atoms in total. The Balaban J connectivity index is 1.60. The summed E-state index contributed by atoms with van der Waals surface area (Å²) >= 11 is 0. The second-order valence-corrected chi connectivity index (χ2v) is 6.65. The molecule has 0 aliphatic carbocycles. The number of hydrogen-bond donors (Lipinski definition) is 2. The lowest BCUT2D eigenvalue weighted by Crippen LogP contribution is -2.14. The summed E-state index contributed by atoms with van der Waals surface area (Å²) in [6, 6.07) is 20.4. The monoisotopic (exact) mass is 402 g/mol. The Morgan fingerprint density at radius 3 is 1.50 bits per heavy atom. The smallest absolute Gasteiger partial charge is 0.338 e. The van der Waals surface area contributed by atoms with Crippen molar-refractivity contribution in [3.05, 3.63) is 95.1 Å². The molecular weight excluding hydrogens is 380 g/mol. The van der Waals surface area contributed by atoms with Crippen molar-refractivity contribution in [3.63, 3.8) is 0 Å². The van der Waals surface area contributed by atoms with Gasteiger partial charge in [-0.05, 0) is 74.5 Å². The molecular formula is C24H22N2O4. The summed E-state index contributed by atoms with van der Waals surface area (Å²) in [4.78, 5) is 36.4. The van der Waals surface area contributed by atoms with Crippen molar-refractivity contribution in [2.24, 2.45) is 0 Å². The van der Waals surface area contributed by atoms with Crippen molar-refractivity contribution in [2.75, 3.05) is 17.2 Å². The number of esters is 1. The van der Waals surface area contributed by atoms with Gasteiger partial charge >= 0.3 is 5.97 Å². The number of amides is 2. The Kier molecular flexibility index (Phi) is 6.60. The highest BCUT2D eigenvalue weighted by Gasteiger charge is 2.10. The molecule has 0 saturated heterocycles. The van der Waals surface area contributed by atoms with Crippen molar-refractivity contribution >= 4 is 29.2 Å². The van der Waals surface area contributed by atoms with Gasteiger partial charge in [0, 0.05) is 22.5 Å². The molecule has 0 bridgehead atoms. The predicted octanol–water partition coefficient (Wildman–Crippen LogP) is 4.68. The molecule has 0 spiro atoms. The molecule has 2 N–H and O–H groups in total. The Labute approximate surface area is 174 Å². The number of nitrogens with one attached hydrogen (secondary N) is 2.